The van der Waals surface area contributed by atoms with E-state index in [1.165, 1.54) is 0 Å². The standard InChI is InChI=1S/C2H6O2.CH4O.HO3P/c3-1-2-4;1-2;1-4(2)3/h3-4H,1-2H2;2H,1H3;(H-,1,2,3)/p+1. The van der Waals surface area contributed by atoms with E-state index in [9.17, 15) is 0 Å². The van der Waals surface area contributed by atoms with Gasteiger partial charge in [-0.05, 0) is 0 Å². The fourth-order valence-corrected chi connectivity index (χ4v) is 0. The van der Waals surface area contributed by atoms with E-state index < -0.39 is 8.25 Å². The van der Waals surface area contributed by atoms with E-state index in [-0.39, 0.29) is 13.2 Å². The molecule has 0 radical (unpaired) electrons. The fourth-order valence-electron chi connectivity index (χ4n) is 0. The van der Waals surface area contributed by atoms with Gasteiger partial charge in [0.25, 0.3) is 0 Å². The molecule has 0 aromatic heterocycles. The maximum atomic E-state index is 8.70. The molecule has 0 saturated heterocycles. The highest BCUT2D eigenvalue weighted by atomic mass is 31.1. The van der Waals surface area contributed by atoms with Crippen molar-refractivity contribution in [3.8, 4) is 0 Å². The number of aliphatic hydroxyl groups is 3. The molecule has 0 heterocycles. The van der Waals surface area contributed by atoms with Gasteiger partial charge in [-0.2, -0.15) is 0 Å². The molecule has 0 bridgehead atoms. The Morgan fingerprint density at radius 3 is 1.20 bits per heavy atom. The average Bonchev–Trinajstić information content (AvgIpc) is 1.91. The van der Waals surface area contributed by atoms with Gasteiger partial charge in [0.15, 0.2) is 0 Å². The molecule has 0 unspecified atom stereocenters. The first kappa shape index (κ1) is 16.5. The lowest BCUT2D eigenvalue weighted by Crippen LogP contribution is -1.85. The van der Waals surface area contributed by atoms with E-state index in [1.54, 1.807) is 0 Å². The Labute approximate surface area is 59.3 Å². The van der Waals surface area contributed by atoms with Gasteiger partial charge in [-0.25, -0.2) is 0 Å². The van der Waals surface area contributed by atoms with Crippen LogP contribution < -0.4 is 0 Å². The normalized spacial score (nSPS) is 6.20. The van der Waals surface area contributed by atoms with Crippen LogP contribution >= 0.6 is 8.25 Å². The van der Waals surface area contributed by atoms with Crippen LogP contribution in [0.15, 0.2) is 0 Å². The van der Waals surface area contributed by atoms with Crippen molar-refractivity contribution < 1.29 is 29.7 Å². The van der Waals surface area contributed by atoms with Crippen LogP contribution in [0.3, 0.4) is 0 Å². The van der Waals surface area contributed by atoms with Crippen LogP contribution in [0.5, 0.6) is 0 Å². The van der Waals surface area contributed by atoms with Crippen LogP contribution in [0.1, 0.15) is 0 Å². The number of rotatable bonds is 1. The molecular formula is C3H12O6P+. The van der Waals surface area contributed by atoms with Gasteiger partial charge in [0.2, 0.25) is 0 Å². The lowest BCUT2D eigenvalue weighted by Gasteiger charge is -1.70. The van der Waals surface area contributed by atoms with Crippen molar-refractivity contribution in [1.29, 1.82) is 0 Å². The maximum absolute atomic E-state index is 8.70. The third-order valence-electron chi connectivity index (χ3n) is 0.1000. The summed E-state index contributed by atoms with van der Waals surface area (Å²) in [5.41, 5.74) is 0. The summed E-state index contributed by atoms with van der Waals surface area (Å²) in [5.74, 6) is 0. The van der Waals surface area contributed by atoms with Gasteiger partial charge in [-0.3, -0.25) is 0 Å². The summed E-state index contributed by atoms with van der Waals surface area (Å²) in [6.07, 6.45) is 0. The van der Waals surface area contributed by atoms with Crippen molar-refractivity contribution in [2.45, 2.75) is 0 Å². The van der Waals surface area contributed by atoms with E-state index >= 15 is 0 Å². The van der Waals surface area contributed by atoms with Crippen molar-refractivity contribution in [2.24, 2.45) is 0 Å². The molecule has 0 aliphatic rings. The Balaban J connectivity index is -0.0000000787. The zero-order valence-corrected chi connectivity index (χ0v) is 6.40. The van der Waals surface area contributed by atoms with E-state index in [4.69, 9.17) is 29.7 Å². The topological polar surface area (TPSA) is 118 Å². The van der Waals surface area contributed by atoms with Gasteiger partial charge < -0.3 is 15.3 Å². The second-order valence-corrected chi connectivity index (χ2v) is 1.21. The molecule has 10 heavy (non-hydrogen) atoms. The largest absolute Gasteiger partial charge is 0.692 e. The van der Waals surface area contributed by atoms with Crippen LogP contribution in [0.25, 0.3) is 0 Å². The van der Waals surface area contributed by atoms with Crippen LogP contribution in [0.2, 0.25) is 0 Å². The number of aliphatic hydroxyl groups excluding tert-OH is 3. The Bertz CT molecular complexity index is 51.0. The van der Waals surface area contributed by atoms with Crippen molar-refractivity contribution in [3.05, 3.63) is 0 Å². The molecule has 7 heteroatoms. The van der Waals surface area contributed by atoms with Crippen LogP contribution in [0.4, 0.5) is 0 Å². The summed E-state index contributed by atoms with van der Waals surface area (Å²) in [6.45, 7) is -0.250. The summed E-state index contributed by atoms with van der Waals surface area (Å²) in [7, 11) is -1.87. The Kier molecular flexibility index (Phi) is 38.1. The molecule has 0 aromatic carbocycles. The molecule has 64 valence electrons. The van der Waals surface area contributed by atoms with Crippen LogP contribution in [-0.4, -0.2) is 45.4 Å². The highest BCUT2D eigenvalue weighted by Crippen LogP contribution is 1.98. The molecule has 0 aliphatic carbocycles. The van der Waals surface area contributed by atoms with Gasteiger partial charge in [-0.15, -0.1) is 9.79 Å². The molecule has 0 fully saturated rings. The summed E-state index contributed by atoms with van der Waals surface area (Å²) in [5, 5.41) is 22.2. The van der Waals surface area contributed by atoms with Gasteiger partial charge in [0.1, 0.15) is 0 Å². The third kappa shape index (κ3) is 464. The van der Waals surface area contributed by atoms with Gasteiger partial charge in [0, 0.05) is 11.7 Å². The average molecular weight is 175 g/mol. The zero-order chi connectivity index (χ0) is 8.99. The van der Waals surface area contributed by atoms with Gasteiger partial charge in [-0.1, -0.05) is 0 Å². The Morgan fingerprint density at radius 2 is 1.20 bits per heavy atom. The molecule has 0 saturated carbocycles. The molecule has 6 nitrogen and oxygen atoms in total. The molecule has 0 aliphatic heterocycles. The SMILES string of the molecule is CO.O=[P+](O)O.OCCO. The summed E-state index contributed by atoms with van der Waals surface area (Å²) >= 11 is 0. The summed E-state index contributed by atoms with van der Waals surface area (Å²) in [6, 6.07) is 0. The molecule has 0 amide bonds. The smallest absolute Gasteiger partial charge is 0.400 e. The minimum atomic E-state index is -2.87. The molecule has 5 N–H and O–H groups in total. The monoisotopic (exact) mass is 175 g/mol. The van der Waals surface area contributed by atoms with Crippen LogP contribution in [-0.2, 0) is 4.57 Å². The van der Waals surface area contributed by atoms with Crippen molar-refractivity contribution in [2.75, 3.05) is 20.3 Å². The summed E-state index contributed by atoms with van der Waals surface area (Å²) in [4.78, 5) is 14.2. The minimum absolute atomic E-state index is 0.125. The Morgan fingerprint density at radius 1 is 1.10 bits per heavy atom. The van der Waals surface area contributed by atoms with Crippen molar-refractivity contribution in [3.63, 3.8) is 0 Å². The molecular weight excluding hydrogens is 163 g/mol. The minimum Gasteiger partial charge on any atom is -0.400 e. The Hall–Kier alpha value is -0.100. The predicted octanol–water partition coefficient (Wildman–Crippen LogP) is -1.79. The van der Waals surface area contributed by atoms with Gasteiger partial charge in [0.05, 0.1) is 13.2 Å². The first-order valence-electron chi connectivity index (χ1n) is 2.16. The van der Waals surface area contributed by atoms with E-state index in [0.29, 0.717) is 0 Å². The quantitative estimate of drug-likeness (QED) is 0.300. The van der Waals surface area contributed by atoms with E-state index in [1.807, 2.05) is 0 Å². The van der Waals surface area contributed by atoms with Crippen LogP contribution in [0, 0.1) is 0 Å². The molecule has 0 atom stereocenters. The first-order chi connectivity index (χ1) is 4.65. The second kappa shape index (κ2) is 23.1. The maximum Gasteiger partial charge on any atom is 0.692 e. The molecule has 0 spiro atoms. The summed E-state index contributed by atoms with van der Waals surface area (Å²) < 4.78 is 8.70. The fraction of sp³-hybridized carbons (Fsp3) is 1.00. The van der Waals surface area contributed by atoms with E-state index in [2.05, 4.69) is 0 Å². The lowest BCUT2D eigenvalue weighted by atomic mass is 10.8. The van der Waals surface area contributed by atoms with E-state index in [0.717, 1.165) is 7.11 Å². The second-order valence-electron chi connectivity index (χ2n) is 0.700. The van der Waals surface area contributed by atoms with Crippen molar-refractivity contribution in [1.82, 2.24) is 0 Å². The third-order valence-corrected chi connectivity index (χ3v) is 0.1000. The highest BCUT2D eigenvalue weighted by Gasteiger charge is 1.93. The molecule has 0 aromatic rings. The van der Waals surface area contributed by atoms with Gasteiger partial charge >= 0.3 is 8.25 Å². The predicted molar refractivity (Wildman–Crippen MR) is 34.4 cm³/mol. The molecule has 0 rings (SSSR count). The highest BCUT2D eigenvalue weighted by molar-refractivity contribution is 7.30. The number of hydrogen-bond acceptors (Lipinski definition) is 4. The first-order valence-corrected chi connectivity index (χ1v) is 3.33. The lowest BCUT2D eigenvalue weighted by molar-refractivity contribution is 0.186. The zero-order valence-electron chi connectivity index (χ0n) is 5.51. The van der Waals surface area contributed by atoms with Crippen molar-refractivity contribution >= 4 is 8.25 Å². The number of hydrogen-bond donors (Lipinski definition) is 5.